The number of anilines is 1. The van der Waals surface area contributed by atoms with Crippen molar-refractivity contribution in [1.82, 2.24) is 4.31 Å². The lowest BCUT2D eigenvalue weighted by atomic mass is 9.97. The molecule has 0 saturated carbocycles. The van der Waals surface area contributed by atoms with Crippen molar-refractivity contribution in [3.05, 3.63) is 58.1 Å². The monoisotopic (exact) mass is 484 g/mol. The zero-order valence-corrected chi connectivity index (χ0v) is 19.8. The van der Waals surface area contributed by atoms with E-state index in [0.29, 0.717) is 25.1 Å². The number of sulfonamides is 1. The summed E-state index contributed by atoms with van der Waals surface area (Å²) >= 11 is 12.2. The first-order chi connectivity index (χ1) is 14.7. The number of hydrogen-bond acceptors (Lipinski definition) is 4. The van der Waals surface area contributed by atoms with Gasteiger partial charge in [0.15, 0.2) is 0 Å². The summed E-state index contributed by atoms with van der Waals surface area (Å²) in [7, 11) is -3.83. The molecule has 2 aromatic rings. The number of benzene rings is 2. The third kappa shape index (κ3) is 5.99. The normalized spacial score (nSPS) is 15.9. The van der Waals surface area contributed by atoms with Gasteiger partial charge in [-0.2, -0.15) is 4.31 Å². The maximum Gasteiger partial charge on any atom is 0.246 e. The van der Waals surface area contributed by atoms with E-state index in [-0.39, 0.29) is 46.0 Å². The first kappa shape index (κ1) is 24.0. The van der Waals surface area contributed by atoms with Crippen LogP contribution in [0.2, 0.25) is 10.0 Å². The second kappa shape index (κ2) is 10.3. The number of nitrogens with one attached hydrogen (secondary N) is 1. The van der Waals surface area contributed by atoms with Crippen LogP contribution in [0.5, 0.6) is 0 Å². The summed E-state index contributed by atoms with van der Waals surface area (Å²) in [6.45, 7) is 4.87. The quantitative estimate of drug-likeness (QED) is 0.602. The molecule has 0 atom stereocenters. The summed E-state index contributed by atoms with van der Waals surface area (Å²) in [4.78, 5) is 12.6. The van der Waals surface area contributed by atoms with E-state index in [1.54, 1.807) is 6.07 Å². The largest absolute Gasteiger partial charge is 0.374 e. The van der Waals surface area contributed by atoms with Crippen LogP contribution < -0.4 is 5.32 Å². The number of carbonyl (C=O) groups is 1. The SMILES string of the molecule is CC(C)OCc1cccc(NC(=O)C2CCN(S(=O)(=O)c3c(Cl)cccc3Cl)CC2)c1. The lowest BCUT2D eigenvalue weighted by Gasteiger charge is -2.31. The fraction of sp³-hybridized carbons (Fsp3) is 0.409. The standard InChI is InChI=1S/C22H26Cl2N2O4S/c1-15(2)30-14-16-5-3-6-18(13-16)25-22(27)17-9-11-26(12-10-17)31(28,29)21-19(23)7-4-8-20(21)24/h3-8,13,15,17H,9-12,14H2,1-2H3,(H,25,27). The number of ether oxygens (including phenoxy) is 1. The molecule has 1 aliphatic rings. The second-order valence-corrected chi connectivity index (χ2v) is 10.5. The minimum absolute atomic E-state index is 0.0818. The van der Waals surface area contributed by atoms with Crippen molar-refractivity contribution in [2.24, 2.45) is 5.92 Å². The smallest absolute Gasteiger partial charge is 0.246 e. The Hall–Kier alpha value is -1.64. The van der Waals surface area contributed by atoms with Gasteiger partial charge in [0, 0.05) is 24.7 Å². The van der Waals surface area contributed by atoms with Crippen molar-refractivity contribution in [3.8, 4) is 0 Å². The fourth-order valence-electron chi connectivity index (χ4n) is 3.46. The van der Waals surface area contributed by atoms with E-state index < -0.39 is 10.0 Å². The Kier molecular flexibility index (Phi) is 7.99. The van der Waals surface area contributed by atoms with Gasteiger partial charge in [0.1, 0.15) is 4.90 Å². The summed E-state index contributed by atoms with van der Waals surface area (Å²) in [5.74, 6) is -0.390. The van der Waals surface area contributed by atoms with E-state index in [0.717, 1.165) is 5.56 Å². The fourth-order valence-corrected chi connectivity index (χ4v) is 6.02. The van der Waals surface area contributed by atoms with Gasteiger partial charge in [-0.15, -0.1) is 0 Å². The van der Waals surface area contributed by atoms with E-state index in [4.69, 9.17) is 27.9 Å². The van der Waals surface area contributed by atoms with Crippen LogP contribution in [0, 0.1) is 5.92 Å². The zero-order chi connectivity index (χ0) is 22.6. The molecule has 168 valence electrons. The molecule has 0 aromatic heterocycles. The predicted molar refractivity (Wildman–Crippen MR) is 123 cm³/mol. The lowest BCUT2D eigenvalue weighted by molar-refractivity contribution is -0.120. The molecule has 6 nitrogen and oxygen atoms in total. The molecule has 2 aromatic carbocycles. The molecule has 0 radical (unpaired) electrons. The summed E-state index contributed by atoms with van der Waals surface area (Å²) in [6.07, 6.45) is 0.965. The van der Waals surface area contributed by atoms with E-state index in [1.165, 1.54) is 16.4 Å². The minimum atomic E-state index is -3.83. The predicted octanol–water partition coefficient (Wildman–Crippen LogP) is 4.96. The van der Waals surface area contributed by atoms with Crippen LogP contribution in [0.3, 0.4) is 0 Å². The Balaban J connectivity index is 1.61. The van der Waals surface area contributed by atoms with Crippen LogP contribution in [-0.2, 0) is 26.2 Å². The molecule has 1 N–H and O–H groups in total. The Morgan fingerprint density at radius 3 is 2.35 bits per heavy atom. The molecular weight excluding hydrogens is 459 g/mol. The summed E-state index contributed by atoms with van der Waals surface area (Å²) in [6, 6.07) is 12.1. The third-order valence-corrected chi connectivity index (χ3v) is 7.97. The van der Waals surface area contributed by atoms with Gasteiger partial charge in [0.05, 0.1) is 22.8 Å². The summed E-state index contributed by atoms with van der Waals surface area (Å²) < 4.78 is 32.9. The van der Waals surface area contributed by atoms with Crippen molar-refractivity contribution < 1.29 is 17.9 Å². The Labute approximate surface area is 193 Å². The maximum absolute atomic E-state index is 13.0. The molecule has 1 aliphatic heterocycles. The molecule has 1 heterocycles. The van der Waals surface area contributed by atoms with Crippen LogP contribution in [0.4, 0.5) is 5.69 Å². The van der Waals surface area contributed by atoms with Crippen molar-refractivity contribution in [2.75, 3.05) is 18.4 Å². The topological polar surface area (TPSA) is 75.7 Å². The van der Waals surface area contributed by atoms with Gasteiger partial charge in [0.2, 0.25) is 15.9 Å². The van der Waals surface area contributed by atoms with E-state index in [1.807, 2.05) is 38.1 Å². The first-order valence-corrected chi connectivity index (χ1v) is 12.3. The molecule has 0 spiro atoms. The molecular formula is C22H26Cl2N2O4S. The second-order valence-electron chi connectivity index (χ2n) is 7.78. The highest BCUT2D eigenvalue weighted by Gasteiger charge is 2.34. The average Bonchev–Trinajstić information content (AvgIpc) is 2.72. The van der Waals surface area contributed by atoms with Crippen LogP contribution in [0.1, 0.15) is 32.3 Å². The molecule has 1 saturated heterocycles. The van der Waals surface area contributed by atoms with Gasteiger partial charge in [0.25, 0.3) is 0 Å². The Morgan fingerprint density at radius 1 is 1.13 bits per heavy atom. The molecule has 3 rings (SSSR count). The number of amides is 1. The van der Waals surface area contributed by atoms with Crippen molar-refractivity contribution in [2.45, 2.75) is 44.3 Å². The van der Waals surface area contributed by atoms with Gasteiger partial charge in [-0.05, 0) is 56.5 Å². The number of hydrogen-bond donors (Lipinski definition) is 1. The van der Waals surface area contributed by atoms with Gasteiger partial charge >= 0.3 is 0 Å². The van der Waals surface area contributed by atoms with E-state index in [2.05, 4.69) is 5.32 Å². The van der Waals surface area contributed by atoms with Crippen LogP contribution in [0.25, 0.3) is 0 Å². The average molecular weight is 485 g/mol. The molecule has 0 unspecified atom stereocenters. The maximum atomic E-state index is 13.0. The van der Waals surface area contributed by atoms with Gasteiger partial charge in [-0.25, -0.2) is 8.42 Å². The summed E-state index contributed by atoms with van der Waals surface area (Å²) in [5, 5.41) is 3.12. The van der Waals surface area contributed by atoms with Gasteiger partial charge in [-0.3, -0.25) is 4.79 Å². The van der Waals surface area contributed by atoms with Crippen LogP contribution in [-0.4, -0.2) is 37.8 Å². The van der Waals surface area contributed by atoms with Crippen LogP contribution >= 0.6 is 23.2 Å². The molecule has 1 fully saturated rings. The molecule has 0 bridgehead atoms. The molecule has 9 heteroatoms. The molecule has 0 aliphatic carbocycles. The number of nitrogens with zero attached hydrogens (tertiary/aromatic N) is 1. The Bertz CT molecular complexity index is 1020. The molecule has 31 heavy (non-hydrogen) atoms. The van der Waals surface area contributed by atoms with Crippen molar-refractivity contribution >= 4 is 44.8 Å². The van der Waals surface area contributed by atoms with Crippen molar-refractivity contribution in [1.29, 1.82) is 0 Å². The molecule has 1 amide bonds. The zero-order valence-electron chi connectivity index (χ0n) is 17.5. The highest BCUT2D eigenvalue weighted by atomic mass is 35.5. The lowest BCUT2D eigenvalue weighted by Crippen LogP contribution is -2.41. The van der Waals surface area contributed by atoms with Gasteiger partial charge in [-0.1, -0.05) is 41.4 Å². The number of halogens is 2. The highest BCUT2D eigenvalue weighted by Crippen LogP contribution is 2.33. The third-order valence-electron chi connectivity index (χ3n) is 5.12. The first-order valence-electron chi connectivity index (χ1n) is 10.1. The van der Waals surface area contributed by atoms with E-state index >= 15 is 0 Å². The Morgan fingerprint density at radius 2 is 1.74 bits per heavy atom. The summed E-state index contributed by atoms with van der Waals surface area (Å²) in [5.41, 5.74) is 1.68. The minimum Gasteiger partial charge on any atom is -0.374 e. The highest BCUT2D eigenvalue weighted by molar-refractivity contribution is 7.89. The number of piperidine rings is 1. The number of carbonyl (C=O) groups excluding carboxylic acids is 1. The number of rotatable bonds is 7. The van der Waals surface area contributed by atoms with E-state index in [9.17, 15) is 13.2 Å². The van der Waals surface area contributed by atoms with Crippen molar-refractivity contribution in [3.63, 3.8) is 0 Å². The van der Waals surface area contributed by atoms with Gasteiger partial charge < -0.3 is 10.1 Å². The van der Waals surface area contributed by atoms with Crippen LogP contribution in [0.15, 0.2) is 47.4 Å².